The van der Waals surface area contributed by atoms with Gasteiger partial charge in [0.1, 0.15) is 5.75 Å². The number of aryl methyl sites for hydroxylation is 1. The highest BCUT2D eigenvalue weighted by Gasteiger charge is 2.18. The molecule has 106 valence electrons. The standard InChI is InChI=1S/C15H20N4O/c1-3-8-20-14-7-5-4-6-12(14)15(19-16)13-10-17-11(2)9-18-13/h4-7,9-10,15,19H,3,8,16H2,1-2H3. The number of hydrogen-bond acceptors (Lipinski definition) is 5. The fourth-order valence-electron chi connectivity index (χ4n) is 1.95. The van der Waals surface area contributed by atoms with Crippen LogP contribution >= 0.6 is 0 Å². The first-order valence-electron chi connectivity index (χ1n) is 6.72. The van der Waals surface area contributed by atoms with Gasteiger partial charge in [0, 0.05) is 11.8 Å². The average Bonchev–Trinajstić information content (AvgIpc) is 2.49. The molecule has 1 aromatic heterocycles. The molecule has 0 aliphatic carbocycles. The summed E-state index contributed by atoms with van der Waals surface area (Å²) in [5.41, 5.74) is 5.39. The lowest BCUT2D eigenvalue weighted by atomic mass is 10.0. The first kappa shape index (κ1) is 14.4. The van der Waals surface area contributed by atoms with Crippen LogP contribution in [0.1, 0.15) is 36.3 Å². The molecule has 1 atom stereocenters. The maximum atomic E-state index is 5.77. The highest BCUT2D eigenvalue weighted by molar-refractivity contribution is 5.39. The van der Waals surface area contributed by atoms with E-state index in [1.807, 2.05) is 31.2 Å². The van der Waals surface area contributed by atoms with Gasteiger partial charge < -0.3 is 4.74 Å². The van der Waals surface area contributed by atoms with Crippen molar-refractivity contribution in [1.29, 1.82) is 0 Å². The van der Waals surface area contributed by atoms with E-state index in [-0.39, 0.29) is 6.04 Å². The summed E-state index contributed by atoms with van der Waals surface area (Å²) in [5, 5.41) is 0. The highest BCUT2D eigenvalue weighted by atomic mass is 16.5. The summed E-state index contributed by atoms with van der Waals surface area (Å²) in [4.78, 5) is 8.65. The molecular weight excluding hydrogens is 252 g/mol. The van der Waals surface area contributed by atoms with Crippen LogP contribution in [-0.4, -0.2) is 16.6 Å². The number of rotatable bonds is 6. The monoisotopic (exact) mass is 272 g/mol. The Kier molecular flexibility index (Phi) is 5.03. The van der Waals surface area contributed by atoms with Crippen molar-refractivity contribution in [3.8, 4) is 5.75 Å². The molecule has 20 heavy (non-hydrogen) atoms. The van der Waals surface area contributed by atoms with Gasteiger partial charge in [0.25, 0.3) is 0 Å². The van der Waals surface area contributed by atoms with Crippen LogP contribution in [-0.2, 0) is 0 Å². The van der Waals surface area contributed by atoms with Crippen molar-refractivity contribution in [2.75, 3.05) is 6.61 Å². The summed E-state index contributed by atoms with van der Waals surface area (Å²) in [5.74, 6) is 6.52. The van der Waals surface area contributed by atoms with Crippen LogP contribution in [0.3, 0.4) is 0 Å². The second-order valence-corrected chi connectivity index (χ2v) is 4.57. The van der Waals surface area contributed by atoms with Gasteiger partial charge in [-0.2, -0.15) is 0 Å². The normalized spacial score (nSPS) is 12.2. The lowest BCUT2D eigenvalue weighted by Crippen LogP contribution is -2.30. The van der Waals surface area contributed by atoms with E-state index in [0.29, 0.717) is 6.61 Å². The third-order valence-electron chi connectivity index (χ3n) is 2.96. The van der Waals surface area contributed by atoms with Crippen LogP contribution in [0.5, 0.6) is 5.75 Å². The molecule has 0 fully saturated rings. The average molecular weight is 272 g/mol. The molecule has 2 aromatic rings. The number of nitrogens with two attached hydrogens (primary N) is 1. The smallest absolute Gasteiger partial charge is 0.124 e. The van der Waals surface area contributed by atoms with Gasteiger partial charge in [-0.25, -0.2) is 5.43 Å². The van der Waals surface area contributed by atoms with E-state index in [0.717, 1.165) is 29.1 Å². The van der Waals surface area contributed by atoms with E-state index < -0.39 is 0 Å². The van der Waals surface area contributed by atoms with Crippen molar-refractivity contribution < 1.29 is 4.74 Å². The van der Waals surface area contributed by atoms with Crippen molar-refractivity contribution in [3.63, 3.8) is 0 Å². The van der Waals surface area contributed by atoms with Gasteiger partial charge in [-0.1, -0.05) is 25.1 Å². The molecule has 0 aliphatic heterocycles. The number of benzene rings is 1. The zero-order chi connectivity index (χ0) is 14.4. The quantitative estimate of drug-likeness (QED) is 0.622. The molecule has 1 heterocycles. The van der Waals surface area contributed by atoms with Crippen LogP contribution in [0.4, 0.5) is 0 Å². The van der Waals surface area contributed by atoms with Gasteiger partial charge in [-0.3, -0.25) is 15.8 Å². The molecule has 1 aromatic carbocycles. The van der Waals surface area contributed by atoms with E-state index in [2.05, 4.69) is 22.3 Å². The molecule has 0 amide bonds. The number of nitrogens with zero attached hydrogens (tertiary/aromatic N) is 2. The minimum Gasteiger partial charge on any atom is -0.493 e. The van der Waals surface area contributed by atoms with Gasteiger partial charge in [0.05, 0.1) is 30.2 Å². The van der Waals surface area contributed by atoms with E-state index >= 15 is 0 Å². The van der Waals surface area contributed by atoms with Crippen molar-refractivity contribution in [2.24, 2.45) is 5.84 Å². The van der Waals surface area contributed by atoms with Crippen molar-refractivity contribution in [2.45, 2.75) is 26.3 Å². The second-order valence-electron chi connectivity index (χ2n) is 4.57. The Morgan fingerprint density at radius 2 is 2.05 bits per heavy atom. The first-order valence-corrected chi connectivity index (χ1v) is 6.72. The maximum absolute atomic E-state index is 5.77. The van der Waals surface area contributed by atoms with Gasteiger partial charge in [0.2, 0.25) is 0 Å². The molecule has 0 saturated carbocycles. The molecule has 3 N–H and O–H groups in total. The molecule has 0 spiro atoms. The second kappa shape index (κ2) is 6.98. The fourth-order valence-corrected chi connectivity index (χ4v) is 1.95. The van der Waals surface area contributed by atoms with Crippen LogP contribution in [0.2, 0.25) is 0 Å². The highest BCUT2D eigenvalue weighted by Crippen LogP contribution is 2.28. The third-order valence-corrected chi connectivity index (χ3v) is 2.96. The van der Waals surface area contributed by atoms with Gasteiger partial charge in [-0.05, 0) is 19.4 Å². The lowest BCUT2D eigenvalue weighted by molar-refractivity contribution is 0.311. The van der Waals surface area contributed by atoms with E-state index in [1.54, 1.807) is 12.4 Å². The maximum Gasteiger partial charge on any atom is 0.124 e. The molecule has 0 bridgehead atoms. The van der Waals surface area contributed by atoms with Crippen LogP contribution in [0.15, 0.2) is 36.7 Å². The van der Waals surface area contributed by atoms with Crippen molar-refractivity contribution >= 4 is 0 Å². The van der Waals surface area contributed by atoms with E-state index in [1.165, 1.54) is 0 Å². The van der Waals surface area contributed by atoms with Crippen molar-refractivity contribution in [3.05, 3.63) is 53.6 Å². The Morgan fingerprint density at radius 1 is 1.25 bits per heavy atom. The zero-order valence-electron chi connectivity index (χ0n) is 11.8. The minimum absolute atomic E-state index is 0.240. The summed E-state index contributed by atoms with van der Waals surface area (Å²) < 4.78 is 5.77. The van der Waals surface area contributed by atoms with Crippen LogP contribution in [0.25, 0.3) is 0 Å². The summed E-state index contributed by atoms with van der Waals surface area (Å²) in [6.45, 7) is 4.65. The molecule has 0 aliphatic rings. The number of aromatic nitrogens is 2. The van der Waals surface area contributed by atoms with Gasteiger partial charge in [-0.15, -0.1) is 0 Å². The minimum atomic E-state index is -0.240. The molecule has 5 heteroatoms. The van der Waals surface area contributed by atoms with Crippen LogP contribution in [0, 0.1) is 6.92 Å². The Balaban J connectivity index is 2.33. The Morgan fingerprint density at radius 3 is 2.70 bits per heavy atom. The van der Waals surface area contributed by atoms with Crippen molar-refractivity contribution in [1.82, 2.24) is 15.4 Å². The Hall–Kier alpha value is -1.98. The molecular formula is C15H20N4O. The first-order chi connectivity index (χ1) is 9.76. The summed E-state index contributed by atoms with van der Waals surface area (Å²) in [6.07, 6.45) is 4.42. The Labute approximate surface area is 119 Å². The van der Waals surface area contributed by atoms with Gasteiger partial charge in [0.15, 0.2) is 0 Å². The lowest BCUT2D eigenvalue weighted by Gasteiger charge is -2.19. The summed E-state index contributed by atoms with van der Waals surface area (Å²) in [6, 6.07) is 7.59. The number of para-hydroxylation sites is 1. The number of hydrazine groups is 1. The Bertz CT molecular complexity index is 542. The molecule has 5 nitrogen and oxygen atoms in total. The zero-order valence-corrected chi connectivity index (χ0v) is 11.8. The topological polar surface area (TPSA) is 73.1 Å². The molecule has 2 rings (SSSR count). The molecule has 0 radical (unpaired) electrons. The number of nitrogens with one attached hydrogen (secondary N) is 1. The summed E-state index contributed by atoms with van der Waals surface area (Å²) in [7, 11) is 0. The summed E-state index contributed by atoms with van der Waals surface area (Å²) >= 11 is 0. The van der Waals surface area contributed by atoms with E-state index in [4.69, 9.17) is 10.6 Å². The predicted octanol–water partition coefficient (Wildman–Crippen LogP) is 2.13. The van der Waals surface area contributed by atoms with E-state index in [9.17, 15) is 0 Å². The predicted molar refractivity (Wildman–Crippen MR) is 78.2 cm³/mol. The largest absolute Gasteiger partial charge is 0.493 e. The third kappa shape index (κ3) is 3.31. The molecule has 0 saturated heterocycles. The van der Waals surface area contributed by atoms with Gasteiger partial charge >= 0.3 is 0 Å². The number of ether oxygens (including phenoxy) is 1. The SMILES string of the molecule is CCCOc1ccccc1C(NN)c1cnc(C)cn1. The fraction of sp³-hybridized carbons (Fsp3) is 0.333. The molecule has 1 unspecified atom stereocenters. The number of hydrogen-bond donors (Lipinski definition) is 2. The van der Waals surface area contributed by atoms with Crippen LogP contribution < -0.4 is 16.0 Å².